The summed E-state index contributed by atoms with van der Waals surface area (Å²) in [7, 11) is 0. The van der Waals surface area contributed by atoms with Crippen molar-refractivity contribution in [2.24, 2.45) is 0 Å². The molecule has 9 heavy (non-hydrogen) atoms. The monoisotopic (exact) mass is 190 g/mol. The molecule has 0 aliphatic carbocycles. The van der Waals surface area contributed by atoms with Crippen molar-refractivity contribution in [2.45, 2.75) is 24.6 Å². The average Bonchev–Trinajstić information content (AvgIpc) is 1.19. The highest BCUT2D eigenvalue weighted by Gasteiger charge is 2.07. The minimum atomic E-state index is -1.08. The molecule has 0 spiro atoms. The number of rotatable bonds is 0. The molecule has 0 atom stereocenters. The van der Waals surface area contributed by atoms with Crippen molar-refractivity contribution in [1.29, 1.82) is 0 Å². The molecule has 0 aromatic carbocycles. The van der Waals surface area contributed by atoms with Crippen LogP contribution in [0, 0.1) is 0 Å². The van der Waals surface area contributed by atoms with Crippen LogP contribution in [0.1, 0.15) is 20.8 Å². The summed E-state index contributed by atoms with van der Waals surface area (Å²) in [6, 6.07) is 0. The van der Waals surface area contributed by atoms with Crippen molar-refractivity contribution >= 4 is 40.6 Å². The highest BCUT2D eigenvalue weighted by Crippen LogP contribution is 2.23. The Morgan fingerprint density at radius 1 is 1.22 bits per heavy atom. The van der Waals surface area contributed by atoms with E-state index in [0.29, 0.717) is 0 Å². The van der Waals surface area contributed by atoms with Crippen molar-refractivity contribution in [1.82, 2.24) is 0 Å². The van der Waals surface area contributed by atoms with Crippen molar-refractivity contribution < 1.29 is 4.79 Å². The summed E-state index contributed by atoms with van der Waals surface area (Å²) >= 11 is 15.2. The standard InChI is InChI=1S/C3H6O.C2H3Cl3/c1-3(2)4;1-2(3,4)5/h1-2H3;1H3. The molecule has 0 saturated carbocycles. The van der Waals surface area contributed by atoms with Crippen LogP contribution in [-0.4, -0.2) is 9.58 Å². The van der Waals surface area contributed by atoms with Crippen LogP contribution in [0.5, 0.6) is 0 Å². The second-order valence-electron chi connectivity index (χ2n) is 1.69. The number of carbonyl (C=O) groups is 1. The van der Waals surface area contributed by atoms with E-state index in [1.807, 2.05) is 0 Å². The van der Waals surface area contributed by atoms with E-state index in [1.165, 1.54) is 20.8 Å². The van der Waals surface area contributed by atoms with Crippen LogP contribution in [-0.2, 0) is 4.79 Å². The van der Waals surface area contributed by atoms with Gasteiger partial charge in [-0.05, 0) is 20.8 Å². The van der Waals surface area contributed by atoms with Gasteiger partial charge in [-0.1, -0.05) is 34.8 Å². The van der Waals surface area contributed by atoms with E-state index in [4.69, 9.17) is 34.8 Å². The lowest BCUT2D eigenvalue weighted by molar-refractivity contribution is -0.114. The third kappa shape index (κ3) is 1250. The van der Waals surface area contributed by atoms with Crippen LogP contribution in [0.3, 0.4) is 0 Å². The Hall–Kier alpha value is 0.540. The van der Waals surface area contributed by atoms with E-state index in [2.05, 4.69) is 0 Å². The summed E-state index contributed by atoms with van der Waals surface area (Å²) in [5, 5.41) is 0. The van der Waals surface area contributed by atoms with Gasteiger partial charge in [-0.3, -0.25) is 0 Å². The Labute approximate surface area is 70.3 Å². The molecule has 4 heteroatoms. The van der Waals surface area contributed by atoms with Crippen LogP contribution < -0.4 is 0 Å². The van der Waals surface area contributed by atoms with Crippen LogP contribution in [0.15, 0.2) is 0 Å². The molecule has 0 amide bonds. The fourth-order valence-corrected chi connectivity index (χ4v) is 0. The van der Waals surface area contributed by atoms with Gasteiger partial charge in [0.15, 0.2) is 3.79 Å². The van der Waals surface area contributed by atoms with E-state index in [9.17, 15) is 4.79 Å². The number of hydrogen-bond acceptors (Lipinski definition) is 1. The molecule has 1 nitrogen and oxygen atoms in total. The molecule has 0 saturated heterocycles. The highest BCUT2D eigenvalue weighted by atomic mass is 35.6. The summed E-state index contributed by atoms with van der Waals surface area (Å²) < 4.78 is -1.08. The summed E-state index contributed by atoms with van der Waals surface area (Å²) in [6.07, 6.45) is 0. The summed E-state index contributed by atoms with van der Waals surface area (Å²) in [4.78, 5) is 9.44. The van der Waals surface area contributed by atoms with Crippen LogP contribution in [0.25, 0.3) is 0 Å². The van der Waals surface area contributed by atoms with E-state index < -0.39 is 3.79 Å². The minimum absolute atomic E-state index is 0.167. The van der Waals surface area contributed by atoms with Gasteiger partial charge >= 0.3 is 0 Å². The fourth-order valence-electron chi connectivity index (χ4n) is 0. The normalized spacial score (nSPS) is 9.56. The first-order valence-corrected chi connectivity index (χ1v) is 3.40. The highest BCUT2D eigenvalue weighted by molar-refractivity contribution is 6.67. The summed E-state index contributed by atoms with van der Waals surface area (Å²) in [6.45, 7) is 4.54. The lowest BCUT2D eigenvalue weighted by atomic mass is 10.6. The molecular weight excluding hydrogens is 182 g/mol. The van der Waals surface area contributed by atoms with Crippen LogP contribution in [0.4, 0.5) is 0 Å². The lowest BCUT2D eigenvalue weighted by Gasteiger charge is -1.94. The van der Waals surface area contributed by atoms with Crippen LogP contribution >= 0.6 is 34.8 Å². The molecule has 0 N–H and O–H groups in total. The maximum atomic E-state index is 9.44. The zero-order valence-corrected chi connectivity index (χ0v) is 7.81. The lowest BCUT2D eigenvalue weighted by Crippen LogP contribution is -1.87. The molecule has 0 unspecified atom stereocenters. The quantitative estimate of drug-likeness (QED) is 0.538. The molecule has 0 fully saturated rings. The van der Waals surface area contributed by atoms with Gasteiger partial charge in [-0.2, -0.15) is 0 Å². The molecule has 0 heterocycles. The van der Waals surface area contributed by atoms with E-state index >= 15 is 0 Å². The molecule has 56 valence electrons. The Kier molecular flexibility index (Phi) is 7.25. The van der Waals surface area contributed by atoms with E-state index in [-0.39, 0.29) is 5.78 Å². The van der Waals surface area contributed by atoms with Crippen LogP contribution in [0.2, 0.25) is 0 Å². The number of hydrogen-bond donors (Lipinski definition) is 0. The molecule has 0 rings (SSSR count). The number of Topliss-reactive ketones (excluding diaryl/α,β-unsaturated/α-hetero) is 1. The molecule has 0 aliphatic heterocycles. The second-order valence-corrected chi connectivity index (χ2v) is 4.54. The topological polar surface area (TPSA) is 17.1 Å². The Bertz CT molecular complexity index is 74.7. The Morgan fingerprint density at radius 3 is 1.22 bits per heavy atom. The number of halogens is 3. The van der Waals surface area contributed by atoms with Crippen molar-refractivity contribution in [3.8, 4) is 0 Å². The van der Waals surface area contributed by atoms with Gasteiger partial charge < -0.3 is 4.79 Å². The predicted octanol–water partition coefficient (Wildman–Crippen LogP) is 2.97. The van der Waals surface area contributed by atoms with Gasteiger partial charge in [0.2, 0.25) is 0 Å². The van der Waals surface area contributed by atoms with Gasteiger partial charge in [0.25, 0.3) is 0 Å². The molecule has 0 aromatic rings. The zero-order chi connectivity index (χ0) is 8.08. The van der Waals surface area contributed by atoms with Crippen molar-refractivity contribution in [2.75, 3.05) is 0 Å². The Morgan fingerprint density at radius 2 is 1.22 bits per heavy atom. The van der Waals surface area contributed by atoms with Gasteiger partial charge in [0, 0.05) is 0 Å². The Balaban J connectivity index is 0. The number of ketones is 1. The third-order valence-electron chi connectivity index (χ3n) is 0. The molecule has 0 aromatic heterocycles. The van der Waals surface area contributed by atoms with Gasteiger partial charge in [0.05, 0.1) is 0 Å². The maximum absolute atomic E-state index is 9.44. The molecule has 0 radical (unpaired) electrons. The fraction of sp³-hybridized carbons (Fsp3) is 0.800. The van der Waals surface area contributed by atoms with Gasteiger partial charge in [-0.15, -0.1) is 0 Å². The van der Waals surface area contributed by atoms with Gasteiger partial charge in [0.1, 0.15) is 5.78 Å². The summed E-state index contributed by atoms with van der Waals surface area (Å²) in [5.41, 5.74) is 0. The van der Waals surface area contributed by atoms with Crippen molar-refractivity contribution in [3.63, 3.8) is 0 Å². The van der Waals surface area contributed by atoms with E-state index in [1.54, 1.807) is 0 Å². The predicted molar refractivity (Wildman–Crippen MR) is 42.3 cm³/mol. The molecule has 0 bridgehead atoms. The van der Waals surface area contributed by atoms with Gasteiger partial charge in [-0.25, -0.2) is 0 Å². The number of alkyl halides is 3. The largest absolute Gasteiger partial charge is 0.300 e. The number of carbonyl (C=O) groups excluding carboxylic acids is 1. The first-order chi connectivity index (χ1) is 3.73. The minimum Gasteiger partial charge on any atom is -0.300 e. The first kappa shape index (κ1) is 12.2. The first-order valence-electron chi connectivity index (χ1n) is 2.27. The molecule has 0 aliphatic rings. The van der Waals surface area contributed by atoms with Crippen molar-refractivity contribution in [3.05, 3.63) is 0 Å². The maximum Gasteiger partial charge on any atom is 0.187 e. The zero-order valence-electron chi connectivity index (χ0n) is 5.54. The average molecular weight is 191 g/mol. The molecular formula is C5H9Cl3O. The van der Waals surface area contributed by atoms with E-state index in [0.717, 1.165) is 0 Å². The summed E-state index contributed by atoms with van der Waals surface area (Å²) in [5.74, 6) is 0.167. The smallest absolute Gasteiger partial charge is 0.187 e. The second kappa shape index (κ2) is 5.33. The third-order valence-corrected chi connectivity index (χ3v) is 0. The SMILES string of the molecule is CC(C)=O.CC(Cl)(Cl)Cl.